The molecule has 5 rings (SSSR count). The Bertz CT molecular complexity index is 1530. The molecule has 0 unspecified atom stereocenters. The molecule has 39 heavy (non-hydrogen) atoms. The highest BCUT2D eigenvalue weighted by molar-refractivity contribution is 7.89. The quantitative estimate of drug-likeness (QED) is 0.349. The monoisotopic (exact) mass is 549 g/mol. The summed E-state index contributed by atoms with van der Waals surface area (Å²) in [6.07, 6.45) is 3.16. The van der Waals surface area contributed by atoms with Crippen LogP contribution in [0.4, 0.5) is 16.0 Å². The second-order valence-corrected chi connectivity index (χ2v) is 11.8. The maximum absolute atomic E-state index is 13.3. The summed E-state index contributed by atoms with van der Waals surface area (Å²) in [6.45, 7) is 3.72. The van der Waals surface area contributed by atoms with E-state index in [1.165, 1.54) is 12.1 Å². The van der Waals surface area contributed by atoms with E-state index in [4.69, 9.17) is 0 Å². The summed E-state index contributed by atoms with van der Waals surface area (Å²) < 4.78 is 43.4. The first-order valence-electron chi connectivity index (χ1n) is 12.8. The van der Waals surface area contributed by atoms with Crippen LogP contribution in [0.15, 0.2) is 71.8 Å². The first-order chi connectivity index (χ1) is 18.7. The molecule has 2 aromatic heterocycles. The molecule has 1 saturated heterocycles. The van der Waals surface area contributed by atoms with Gasteiger partial charge in [-0.25, -0.2) is 22.8 Å². The number of halogens is 1. The van der Waals surface area contributed by atoms with E-state index in [9.17, 15) is 12.8 Å². The van der Waals surface area contributed by atoms with Crippen molar-refractivity contribution in [3.05, 3.63) is 84.1 Å². The fourth-order valence-electron chi connectivity index (χ4n) is 4.91. The van der Waals surface area contributed by atoms with Crippen molar-refractivity contribution >= 4 is 21.7 Å². The molecule has 2 aromatic carbocycles. The van der Waals surface area contributed by atoms with Gasteiger partial charge in [0.25, 0.3) is 0 Å². The standard InChI is InChI=1S/C28H32FN7O2S/c1-20-18-25(35(3)33-20)19-34(2)24-13-16-36(17-14-24)39(37,38)26-10-8-23(9-11-26)31-28-30-15-12-27(32-28)21-4-6-22(29)7-5-21/h4-12,15,18,24H,13-14,16-17,19H2,1-3H3,(H,30,31,32). The number of aryl methyl sites for hydroxylation is 2. The maximum Gasteiger partial charge on any atom is 0.243 e. The fourth-order valence-corrected chi connectivity index (χ4v) is 6.38. The van der Waals surface area contributed by atoms with Crippen LogP contribution in [0.5, 0.6) is 0 Å². The molecule has 9 nitrogen and oxygen atoms in total. The molecule has 1 fully saturated rings. The van der Waals surface area contributed by atoms with Gasteiger partial charge in [0.05, 0.1) is 22.0 Å². The Morgan fingerprint density at radius 1 is 1.05 bits per heavy atom. The Labute approximate surface area is 228 Å². The molecule has 0 atom stereocenters. The molecular formula is C28H32FN7O2S. The van der Waals surface area contributed by atoms with Crippen LogP contribution in [0.2, 0.25) is 0 Å². The van der Waals surface area contributed by atoms with Crippen LogP contribution in [-0.2, 0) is 23.6 Å². The van der Waals surface area contributed by atoms with E-state index in [1.54, 1.807) is 53.0 Å². The number of anilines is 2. The van der Waals surface area contributed by atoms with E-state index in [0.29, 0.717) is 36.5 Å². The average Bonchev–Trinajstić information content (AvgIpc) is 3.25. The Balaban J connectivity index is 1.20. The first kappa shape index (κ1) is 26.9. The smallest absolute Gasteiger partial charge is 0.243 e. The van der Waals surface area contributed by atoms with Crippen LogP contribution in [0.1, 0.15) is 24.2 Å². The molecule has 0 bridgehead atoms. The Morgan fingerprint density at radius 2 is 1.74 bits per heavy atom. The minimum absolute atomic E-state index is 0.256. The van der Waals surface area contributed by atoms with Crippen molar-refractivity contribution < 1.29 is 12.8 Å². The highest BCUT2D eigenvalue weighted by Crippen LogP contribution is 2.26. The number of piperidine rings is 1. The van der Waals surface area contributed by atoms with Crippen LogP contribution in [0.25, 0.3) is 11.3 Å². The second kappa shape index (κ2) is 11.2. The van der Waals surface area contributed by atoms with Crippen LogP contribution >= 0.6 is 0 Å². The van der Waals surface area contributed by atoms with Gasteiger partial charge in [0.15, 0.2) is 0 Å². The summed E-state index contributed by atoms with van der Waals surface area (Å²) in [6, 6.07) is 16.8. The third-order valence-corrected chi connectivity index (χ3v) is 9.01. The molecule has 0 spiro atoms. The van der Waals surface area contributed by atoms with E-state index in [2.05, 4.69) is 38.4 Å². The minimum Gasteiger partial charge on any atom is -0.324 e. The van der Waals surface area contributed by atoms with Crippen molar-refractivity contribution in [1.82, 2.24) is 29.0 Å². The van der Waals surface area contributed by atoms with E-state index in [1.807, 2.05) is 18.7 Å². The van der Waals surface area contributed by atoms with Gasteiger partial charge in [0.1, 0.15) is 5.82 Å². The number of hydrogen-bond acceptors (Lipinski definition) is 7. The lowest BCUT2D eigenvalue weighted by atomic mass is 10.1. The van der Waals surface area contributed by atoms with Gasteiger partial charge < -0.3 is 5.32 Å². The van der Waals surface area contributed by atoms with Crippen molar-refractivity contribution in [2.75, 3.05) is 25.5 Å². The Morgan fingerprint density at radius 3 is 2.38 bits per heavy atom. The molecule has 1 N–H and O–H groups in total. The molecule has 4 aromatic rings. The van der Waals surface area contributed by atoms with Gasteiger partial charge in [-0.15, -0.1) is 0 Å². The average molecular weight is 550 g/mol. The third-order valence-electron chi connectivity index (χ3n) is 7.10. The van der Waals surface area contributed by atoms with Gasteiger partial charge in [0, 0.05) is 50.2 Å². The van der Waals surface area contributed by atoms with Crippen molar-refractivity contribution in [2.45, 2.75) is 37.2 Å². The molecule has 3 heterocycles. The van der Waals surface area contributed by atoms with Crippen molar-refractivity contribution in [1.29, 1.82) is 0 Å². The van der Waals surface area contributed by atoms with Gasteiger partial charge in [-0.05, 0) is 87.5 Å². The molecule has 11 heteroatoms. The van der Waals surface area contributed by atoms with Crippen LogP contribution < -0.4 is 5.32 Å². The first-order valence-corrected chi connectivity index (χ1v) is 14.3. The van der Waals surface area contributed by atoms with E-state index >= 15 is 0 Å². The van der Waals surface area contributed by atoms with Crippen molar-refractivity contribution in [2.24, 2.45) is 7.05 Å². The highest BCUT2D eigenvalue weighted by Gasteiger charge is 2.31. The zero-order chi connectivity index (χ0) is 27.6. The lowest BCUT2D eigenvalue weighted by molar-refractivity contribution is 0.159. The highest BCUT2D eigenvalue weighted by atomic mass is 32.2. The molecule has 0 aliphatic carbocycles. The topological polar surface area (TPSA) is 96.3 Å². The Kier molecular flexibility index (Phi) is 7.74. The van der Waals surface area contributed by atoms with Gasteiger partial charge in [-0.3, -0.25) is 9.58 Å². The molecule has 204 valence electrons. The fraction of sp³-hybridized carbons (Fsp3) is 0.321. The number of rotatable bonds is 8. The van der Waals surface area contributed by atoms with E-state index in [-0.39, 0.29) is 10.7 Å². The number of sulfonamides is 1. The van der Waals surface area contributed by atoms with E-state index < -0.39 is 10.0 Å². The predicted molar refractivity (Wildman–Crippen MR) is 148 cm³/mol. The number of aromatic nitrogens is 4. The van der Waals surface area contributed by atoms with Gasteiger partial charge in [0.2, 0.25) is 16.0 Å². The zero-order valence-electron chi connectivity index (χ0n) is 22.2. The molecule has 1 aliphatic heterocycles. The summed E-state index contributed by atoms with van der Waals surface area (Å²) in [4.78, 5) is 11.3. The SMILES string of the molecule is Cc1cc(CN(C)C2CCN(S(=O)(=O)c3ccc(Nc4nccc(-c5ccc(F)cc5)n4)cc3)CC2)n(C)n1. The maximum atomic E-state index is 13.3. The summed E-state index contributed by atoms with van der Waals surface area (Å²) in [7, 11) is 0.436. The lowest BCUT2D eigenvalue weighted by Crippen LogP contribution is -2.45. The van der Waals surface area contributed by atoms with Gasteiger partial charge in [-0.1, -0.05) is 0 Å². The summed E-state index contributed by atoms with van der Waals surface area (Å²) in [5.74, 6) is 0.0497. The van der Waals surface area contributed by atoms with Gasteiger partial charge in [-0.2, -0.15) is 9.40 Å². The summed E-state index contributed by atoms with van der Waals surface area (Å²) >= 11 is 0. The molecule has 1 aliphatic rings. The normalized spacial score (nSPS) is 15.1. The van der Waals surface area contributed by atoms with Crippen molar-refractivity contribution in [3.8, 4) is 11.3 Å². The van der Waals surface area contributed by atoms with Crippen LogP contribution in [0.3, 0.4) is 0 Å². The molecular weight excluding hydrogens is 517 g/mol. The number of nitrogens with one attached hydrogen (secondary N) is 1. The summed E-state index contributed by atoms with van der Waals surface area (Å²) in [5.41, 5.74) is 4.22. The van der Waals surface area contributed by atoms with Crippen LogP contribution in [0, 0.1) is 12.7 Å². The lowest BCUT2D eigenvalue weighted by Gasteiger charge is -2.36. The summed E-state index contributed by atoms with van der Waals surface area (Å²) in [5, 5.41) is 7.53. The number of hydrogen-bond donors (Lipinski definition) is 1. The number of nitrogens with zero attached hydrogens (tertiary/aromatic N) is 6. The molecule has 0 radical (unpaired) electrons. The predicted octanol–water partition coefficient (Wildman–Crippen LogP) is 4.35. The van der Waals surface area contributed by atoms with E-state index in [0.717, 1.165) is 36.3 Å². The minimum atomic E-state index is -3.60. The number of benzene rings is 2. The zero-order valence-corrected chi connectivity index (χ0v) is 23.1. The Hall–Kier alpha value is -3.67. The van der Waals surface area contributed by atoms with Gasteiger partial charge >= 0.3 is 0 Å². The molecule has 0 saturated carbocycles. The third kappa shape index (κ3) is 6.16. The largest absolute Gasteiger partial charge is 0.324 e. The van der Waals surface area contributed by atoms with Crippen LogP contribution in [-0.4, -0.2) is 63.6 Å². The molecule has 0 amide bonds. The van der Waals surface area contributed by atoms with Crippen molar-refractivity contribution in [3.63, 3.8) is 0 Å². The second-order valence-electron chi connectivity index (χ2n) is 9.87.